The molecule has 0 saturated carbocycles. The Balaban J connectivity index is 2.19. The van der Waals surface area contributed by atoms with Gasteiger partial charge in [0.1, 0.15) is 0 Å². The van der Waals surface area contributed by atoms with Crippen LogP contribution in [0, 0.1) is 0 Å². The summed E-state index contributed by atoms with van der Waals surface area (Å²) in [7, 11) is -3.87. The largest absolute Gasteiger partial charge is 0.326 e. The zero-order chi connectivity index (χ0) is 13.0. The van der Waals surface area contributed by atoms with Crippen LogP contribution in [0.5, 0.6) is 0 Å². The number of nitrogens with one attached hydrogen (secondary N) is 1. The maximum absolute atomic E-state index is 12.0. The lowest BCUT2D eigenvalue weighted by molar-refractivity contribution is 0.0978. The van der Waals surface area contributed by atoms with Gasteiger partial charge in [0.05, 0.1) is 5.30 Å². The minimum absolute atomic E-state index is 0.203. The molecule has 0 spiro atoms. The highest BCUT2D eigenvalue weighted by molar-refractivity contribution is 7.64. The average Bonchev–Trinajstić information content (AvgIpc) is 2.40. The number of amides is 1. The Hall–Kier alpha value is -1.90. The molecule has 4 nitrogen and oxygen atoms in total. The minimum Gasteiger partial charge on any atom is -0.326 e. The molecule has 0 radical (unpaired) electrons. The summed E-state index contributed by atoms with van der Waals surface area (Å²) >= 11 is 0. The number of carbonyl (C=O) groups excluding carboxylic acids is 1. The first-order valence-corrected chi connectivity index (χ1v) is 7.01. The standard InChI is InChI=1S/C13H12NO3P/c15-13(11-7-3-1-4-8-11)14-18(16,17)12-9-5-2-6-10-12/h1-10H,(H2,14,15,16,17). The van der Waals surface area contributed by atoms with Crippen LogP contribution in [0.25, 0.3) is 0 Å². The van der Waals surface area contributed by atoms with Crippen LogP contribution < -0.4 is 10.4 Å². The van der Waals surface area contributed by atoms with Crippen LogP contribution in [0.1, 0.15) is 10.4 Å². The third-order valence-corrected chi connectivity index (χ3v) is 3.90. The van der Waals surface area contributed by atoms with E-state index in [1.807, 2.05) is 0 Å². The van der Waals surface area contributed by atoms with Crippen molar-refractivity contribution in [2.24, 2.45) is 0 Å². The fourth-order valence-corrected chi connectivity index (χ4v) is 2.60. The number of rotatable bonds is 3. The van der Waals surface area contributed by atoms with Crippen molar-refractivity contribution in [1.29, 1.82) is 0 Å². The van der Waals surface area contributed by atoms with Gasteiger partial charge in [-0.25, -0.2) is 0 Å². The predicted molar refractivity (Wildman–Crippen MR) is 69.8 cm³/mol. The van der Waals surface area contributed by atoms with Crippen molar-refractivity contribution in [1.82, 2.24) is 5.09 Å². The summed E-state index contributed by atoms with van der Waals surface area (Å²) < 4.78 is 12.0. The smallest absolute Gasteiger partial charge is 0.323 e. The van der Waals surface area contributed by atoms with Crippen molar-refractivity contribution in [3.05, 3.63) is 66.2 Å². The van der Waals surface area contributed by atoms with Gasteiger partial charge in [0.2, 0.25) is 0 Å². The lowest BCUT2D eigenvalue weighted by Gasteiger charge is -2.13. The number of hydrogen-bond acceptors (Lipinski definition) is 2. The molecule has 1 atom stereocenters. The second kappa shape index (κ2) is 5.17. The van der Waals surface area contributed by atoms with E-state index in [0.29, 0.717) is 5.56 Å². The fraction of sp³-hybridized carbons (Fsp3) is 0. The lowest BCUT2D eigenvalue weighted by Crippen LogP contribution is -2.25. The van der Waals surface area contributed by atoms with Crippen molar-refractivity contribution >= 4 is 18.7 Å². The van der Waals surface area contributed by atoms with E-state index >= 15 is 0 Å². The van der Waals surface area contributed by atoms with Crippen molar-refractivity contribution in [3.8, 4) is 0 Å². The molecule has 2 N–H and O–H groups in total. The molecule has 0 aliphatic heterocycles. The predicted octanol–water partition coefficient (Wildman–Crippen LogP) is 1.93. The molecule has 2 aromatic carbocycles. The molecule has 0 aromatic heterocycles. The fourth-order valence-electron chi connectivity index (χ4n) is 1.49. The third-order valence-electron chi connectivity index (χ3n) is 2.40. The Morgan fingerprint density at radius 1 is 0.944 bits per heavy atom. The molecule has 18 heavy (non-hydrogen) atoms. The Morgan fingerprint density at radius 2 is 1.44 bits per heavy atom. The van der Waals surface area contributed by atoms with Crippen molar-refractivity contribution in [3.63, 3.8) is 0 Å². The number of hydrogen-bond donors (Lipinski definition) is 2. The second-order valence-corrected chi connectivity index (χ2v) is 5.61. The molecule has 0 bridgehead atoms. The molecule has 0 fully saturated rings. The van der Waals surface area contributed by atoms with Crippen LogP contribution >= 0.6 is 7.52 Å². The first-order chi connectivity index (χ1) is 8.59. The van der Waals surface area contributed by atoms with E-state index in [9.17, 15) is 14.3 Å². The average molecular weight is 261 g/mol. The molecule has 1 amide bonds. The Morgan fingerprint density at radius 3 is 2.00 bits per heavy atom. The maximum Gasteiger partial charge on any atom is 0.323 e. The van der Waals surface area contributed by atoms with E-state index in [-0.39, 0.29) is 5.30 Å². The van der Waals surface area contributed by atoms with Gasteiger partial charge in [0.15, 0.2) is 0 Å². The topological polar surface area (TPSA) is 66.4 Å². The molecule has 92 valence electrons. The normalized spacial score (nSPS) is 13.6. The summed E-state index contributed by atoms with van der Waals surface area (Å²) in [4.78, 5) is 21.6. The Bertz CT molecular complexity index is 584. The highest BCUT2D eigenvalue weighted by Crippen LogP contribution is 2.34. The number of benzene rings is 2. The molecule has 2 rings (SSSR count). The van der Waals surface area contributed by atoms with Gasteiger partial charge in [-0.3, -0.25) is 14.4 Å². The molecular formula is C13H12NO3P. The van der Waals surface area contributed by atoms with Crippen molar-refractivity contribution in [2.75, 3.05) is 0 Å². The van der Waals surface area contributed by atoms with E-state index in [0.717, 1.165) is 0 Å². The molecule has 0 aliphatic carbocycles. The van der Waals surface area contributed by atoms with Crippen molar-refractivity contribution < 1.29 is 14.3 Å². The van der Waals surface area contributed by atoms with E-state index in [1.165, 1.54) is 12.1 Å². The van der Waals surface area contributed by atoms with Crippen LogP contribution in [0.4, 0.5) is 0 Å². The zero-order valence-electron chi connectivity index (χ0n) is 9.48. The monoisotopic (exact) mass is 261 g/mol. The lowest BCUT2D eigenvalue weighted by atomic mass is 10.2. The van der Waals surface area contributed by atoms with Gasteiger partial charge in [0, 0.05) is 5.56 Å². The van der Waals surface area contributed by atoms with Crippen LogP contribution in [-0.4, -0.2) is 10.8 Å². The van der Waals surface area contributed by atoms with Crippen LogP contribution in [0.3, 0.4) is 0 Å². The van der Waals surface area contributed by atoms with E-state index < -0.39 is 13.4 Å². The molecule has 5 heteroatoms. The summed E-state index contributed by atoms with van der Waals surface area (Å²) in [6.07, 6.45) is 0. The summed E-state index contributed by atoms with van der Waals surface area (Å²) in [5.74, 6) is -0.565. The van der Waals surface area contributed by atoms with Gasteiger partial charge in [-0.2, -0.15) is 0 Å². The van der Waals surface area contributed by atoms with Crippen LogP contribution in [-0.2, 0) is 4.57 Å². The van der Waals surface area contributed by atoms with Gasteiger partial charge in [0.25, 0.3) is 5.91 Å². The van der Waals surface area contributed by atoms with E-state index in [4.69, 9.17) is 0 Å². The SMILES string of the molecule is O=C(NP(=O)(O)c1ccccc1)c1ccccc1. The van der Waals surface area contributed by atoms with Gasteiger partial charge < -0.3 is 4.89 Å². The minimum atomic E-state index is -3.87. The Kier molecular flexibility index (Phi) is 3.60. The van der Waals surface area contributed by atoms with Crippen LogP contribution in [0.15, 0.2) is 60.7 Å². The molecule has 1 unspecified atom stereocenters. The maximum atomic E-state index is 12.0. The zero-order valence-corrected chi connectivity index (χ0v) is 10.4. The summed E-state index contributed by atoms with van der Waals surface area (Å²) in [5, 5.41) is 2.36. The second-order valence-electron chi connectivity index (χ2n) is 3.72. The van der Waals surface area contributed by atoms with Crippen LogP contribution in [0.2, 0.25) is 0 Å². The molecule has 0 saturated heterocycles. The number of carbonyl (C=O) groups is 1. The highest BCUT2D eigenvalue weighted by atomic mass is 31.2. The summed E-state index contributed by atoms with van der Waals surface area (Å²) in [5.41, 5.74) is 0.350. The first-order valence-electron chi connectivity index (χ1n) is 5.36. The highest BCUT2D eigenvalue weighted by Gasteiger charge is 2.24. The molecule has 0 aliphatic rings. The van der Waals surface area contributed by atoms with E-state index in [1.54, 1.807) is 48.5 Å². The quantitative estimate of drug-likeness (QED) is 0.829. The molecule has 2 aromatic rings. The third kappa shape index (κ3) is 2.86. The van der Waals surface area contributed by atoms with Crippen molar-refractivity contribution in [2.45, 2.75) is 0 Å². The summed E-state index contributed by atoms with van der Waals surface area (Å²) in [6.45, 7) is 0. The van der Waals surface area contributed by atoms with Gasteiger partial charge in [-0.15, -0.1) is 0 Å². The molecule has 0 heterocycles. The first kappa shape index (κ1) is 12.6. The van der Waals surface area contributed by atoms with E-state index in [2.05, 4.69) is 5.09 Å². The van der Waals surface area contributed by atoms with Gasteiger partial charge in [-0.1, -0.05) is 36.4 Å². The molecular weight excluding hydrogens is 249 g/mol. The summed E-state index contributed by atoms with van der Waals surface area (Å²) in [6, 6.07) is 16.4. The van der Waals surface area contributed by atoms with Gasteiger partial charge in [-0.05, 0) is 24.3 Å². The van der Waals surface area contributed by atoms with Gasteiger partial charge >= 0.3 is 7.52 Å². The Labute approximate surface area is 105 Å².